The highest BCUT2D eigenvalue weighted by Crippen LogP contribution is 2.10. The molecule has 0 saturated carbocycles. The summed E-state index contributed by atoms with van der Waals surface area (Å²) in [5, 5.41) is 8.18. The van der Waals surface area contributed by atoms with Gasteiger partial charge in [0.25, 0.3) is 0 Å². The number of amides is 3. The van der Waals surface area contributed by atoms with Crippen LogP contribution < -0.4 is 16.0 Å². The molecule has 0 aliphatic carbocycles. The Morgan fingerprint density at radius 2 is 1.38 bits per heavy atom. The first-order chi connectivity index (χ1) is 18.0. The summed E-state index contributed by atoms with van der Waals surface area (Å²) >= 11 is 0. The summed E-state index contributed by atoms with van der Waals surface area (Å²) in [7, 11) is 0. The first-order valence-corrected chi connectivity index (χ1v) is 12.2. The van der Waals surface area contributed by atoms with E-state index in [1.54, 1.807) is 48.5 Å². The van der Waals surface area contributed by atoms with Crippen molar-refractivity contribution in [3.63, 3.8) is 0 Å². The molecule has 192 valence electrons. The monoisotopic (exact) mass is 501 g/mol. The third kappa shape index (κ3) is 9.97. The second kappa shape index (κ2) is 14.8. The molecule has 3 aromatic rings. The minimum atomic E-state index is -0.821. The van der Waals surface area contributed by atoms with Crippen LogP contribution in [0.4, 0.5) is 10.5 Å². The number of hydrogen-bond acceptors (Lipinski definition) is 5. The number of carbonyl (C=O) groups is 4. The van der Waals surface area contributed by atoms with Gasteiger partial charge in [0, 0.05) is 17.8 Å². The number of ketones is 1. The maximum Gasteiger partial charge on any atom is 0.408 e. The average molecular weight is 502 g/mol. The van der Waals surface area contributed by atoms with Gasteiger partial charge in [-0.15, -0.1) is 0 Å². The molecule has 0 unspecified atom stereocenters. The Hall–Kier alpha value is -4.46. The number of Topliss-reactive ketones (excluding diaryl/α,β-unsaturated/α-hetero) is 1. The summed E-state index contributed by atoms with van der Waals surface area (Å²) in [6.07, 6.45) is 0.559. The first-order valence-electron chi connectivity index (χ1n) is 12.2. The average Bonchev–Trinajstić information content (AvgIpc) is 2.92. The molecule has 0 aliphatic rings. The van der Waals surface area contributed by atoms with E-state index in [-0.39, 0.29) is 30.6 Å². The lowest BCUT2D eigenvalue weighted by Gasteiger charge is -2.18. The molecule has 0 spiro atoms. The highest BCUT2D eigenvalue weighted by molar-refractivity contribution is 6.07. The van der Waals surface area contributed by atoms with E-state index in [4.69, 9.17) is 4.74 Å². The van der Waals surface area contributed by atoms with Crippen molar-refractivity contribution >= 4 is 29.4 Å². The van der Waals surface area contributed by atoms with Gasteiger partial charge < -0.3 is 20.7 Å². The molecule has 3 rings (SSSR count). The molecule has 37 heavy (non-hydrogen) atoms. The van der Waals surface area contributed by atoms with Crippen molar-refractivity contribution in [1.29, 1.82) is 0 Å². The molecule has 0 heterocycles. The highest BCUT2D eigenvalue weighted by atomic mass is 16.5. The van der Waals surface area contributed by atoms with E-state index in [2.05, 4.69) is 16.0 Å². The third-order valence-electron chi connectivity index (χ3n) is 5.52. The van der Waals surface area contributed by atoms with Crippen LogP contribution in [0.25, 0.3) is 0 Å². The van der Waals surface area contributed by atoms with Gasteiger partial charge in [-0.2, -0.15) is 0 Å². The van der Waals surface area contributed by atoms with Crippen LogP contribution in [0, 0.1) is 0 Å². The molecule has 8 heteroatoms. The summed E-state index contributed by atoms with van der Waals surface area (Å²) < 4.78 is 5.27. The predicted molar refractivity (Wildman–Crippen MR) is 141 cm³/mol. The Balaban J connectivity index is 1.45. The normalized spacial score (nSPS) is 11.1. The van der Waals surface area contributed by atoms with E-state index in [0.29, 0.717) is 37.1 Å². The summed E-state index contributed by atoms with van der Waals surface area (Å²) in [5.74, 6) is -0.954. The second-order valence-corrected chi connectivity index (χ2v) is 8.43. The fourth-order valence-electron chi connectivity index (χ4n) is 3.56. The van der Waals surface area contributed by atoms with Crippen LogP contribution in [-0.4, -0.2) is 36.3 Å². The summed E-state index contributed by atoms with van der Waals surface area (Å²) in [6.45, 7) is 0.444. The minimum absolute atomic E-state index is 0.0907. The zero-order valence-electron chi connectivity index (χ0n) is 20.5. The summed E-state index contributed by atoms with van der Waals surface area (Å²) in [5.41, 5.74) is 1.95. The zero-order valence-corrected chi connectivity index (χ0v) is 20.5. The number of alkyl carbamates (subject to hydrolysis) is 1. The Labute approximate surface area is 216 Å². The van der Waals surface area contributed by atoms with Crippen LogP contribution in [-0.2, 0) is 20.9 Å². The maximum atomic E-state index is 12.9. The number of carbonyl (C=O) groups excluding carboxylic acids is 4. The van der Waals surface area contributed by atoms with E-state index in [9.17, 15) is 19.2 Å². The molecule has 0 radical (unpaired) electrons. The Morgan fingerprint density at radius 1 is 0.757 bits per heavy atom. The molecule has 3 amide bonds. The highest BCUT2D eigenvalue weighted by Gasteiger charge is 2.21. The number of para-hydroxylation sites is 1. The molecule has 0 fully saturated rings. The van der Waals surface area contributed by atoms with Gasteiger partial charge in [-0.25, -0.2) is 4.79 Å². The van der Waals surface area contributed by atoms with Crippen molar-refractivity contribution in [2.24, 2.45) is 0 Å². The summed E-state index contributed by atoms with van der Waals surface area (Å²) in [6, 6.07) is 26.1. The van der Waals surface area contributed by atoms with Crippen LogP contribution in [0.2, 0.25) is 0 Å². The largest absolute Gasteiger partial charge is 0.445 e. The maximum absolute atomic E-state index is 12.9. The number of ether oxygens (including phenoxy) is 1. The standard InChI is InChI=1S/C29H31N3O5/c33-26(23-14-6-2-7-15-23)20-27(34)30-19-11-10-18-25(28(35)31-24-16-8-3-9-17-24)32-29(36)37-21-22-12-4-1-5-13-22/h1-9,12-17,25H,10-11,18-21H2,(H,30,34)(H,31,35)(H,32,36)/t25-/m0/s1. The van der Waals surface area contributed by atoms with Crippen molar-refractivity contribution in [2.45, 2.75) is 38.3 Å². The Kier molecular flexibility index (Phi) is 10.9. The molecule has 8 nitrogen and oxygen atoms in total. The van der Waals surface area contributed by atoms with Crippen molar-refractivity contribution in [2.75, 3.05) is 11.9 Å². The fourth-order valence-corrected chi connectivity index (χ4v) is 3.56. The van der Waals surface area contributed by atoms with Crippen molar-refractivity contribution in [3.8, 4) is 0 Å². The van der Waals surface area contributed by atoms with E-state index in [1.807, 2.05) is 42.5 Å². The number of unbranched alkanes of at least 4 members (excludes halogenated alkanes) is 1. The summed E-state index contributed by atoms with van der Waals surface area (Å²) in [4.78, 5) is 49.5. The van der Waals surface area contributed by atoms with E-state index < -0.39 is 12.1 Å². The number of anilines is 1. The smallest absolute Gasteiger partial charge is 0.408 e. The molecule has 0 bridgehead atoms. The molecule has 0 saturated heterocycles. The van der Waals surface area contributed by atoms with Gasteiger partial charge in [0.15, 0.2) is 5.78 Å². The Morgan fingerprint density at radius 3 is 2.05 bits per heavy atom. The Bertz CT molecular complexity index is 1150. The second-order valence-electron chi connectivity index (χ2n) is 8.43. The molecule has 3 aromatic carbocycles. The molecule has 1 atom stereocenters. The van der Waals surface area contributed by atoms with Gasteiger partial charge in [0.05, 0.1) is 6.42 Å². The van der Waals surface area contributed by atoms with Gasteiger partial charge in [0.1, 0.15) is 12.6 Å². The van der Waals surface area contributed by atoms with Crippen LogP contribution in [0.5, 0.6) is 0 Å². The SMILES string of the molecule is O=C(CC(=O)c1ccccc1)NCCCC[C@H](NC(=O)OCc1ccccc1)C(=O)Nc1ccccc1. The third-order valence-corrected chi connectivity index (χ3v) is 5.52. The lowest BCUT2D eigenvalue weighted by atomic mass is 10.1. The molecule has 0 aromatic heterocycles. The van der Waals surface area contributed by atoms with Crippen LogP contribution in [0.15, 0.2) is 91.0 Å². The van der Waals surface area contributed by atoms with Gasteiger partial charge in [-0.1, -0.05) is 78.9 Å². The quantitative estimate of drug-likeness (QED) is 0.182. The number of rotatable bonds is 13. The molecular formula is C29H31N3O5. The van der Waals surface area contributed by atoms with Gasteiger partial charge in [-0.05, 0) is 37.0 Å². The minimum Gasteiger partial charge on any atom is -0.445 e. The lowest BCUT2D eigenvalue weighted by molar-refractivity contribution is -0.120. The van der Waals surface area contributed by atoms with Crippen molar-refractivity contribution in [1.82, 2.24) is 10.6 Å². The van der Waals surface area contributed by atoms with Gasteiger partial charge in [0.2, 0.25) is 11.8 Å². The van der Waals surface area contributed by atoms with Crippen LogP contribution in [0.3, 0.4) is 0 Å². The molecule has 3 N–H and O–H groups in total. The van der Waals surface area contributed by atoms with Gasteiger partial charge >= 0.3 is 6.09 Å². The lowest BCUT2D eigenvalue weighted by Crippen LogP contribution is -2.44. The number of benzene rings is 3. The van der Waals surface area contributed by atoms with Crippen molar-refractivity contribution in [3.05, 3.63) is 102 Å². The van der Waals surface area contributed by atoms with E-state index >= 15 is 0 Å². The van der Waals surface area contributed by atoms with E-state index in [1.165, 1.54) is 0 Å². The zero-order chi connectivity index (χ0) is 26.3. The van der Waals surface area contributed by atoms with Gasteiger partial charge in [-0.3, -0.25) is 14.4 Å². The van der Waals surface area contributed by atoms with Crippen LogP contribution in [0.1, 0.15) is 41.6 Å². The molecule has 0 aliphatic heterocycles. The number of hydrogen-bond donors (Lipinski definition) is 3. The molecular weight excluding hydrogens is 470 g/mol. The first kappa shape index (κ1) is 27.1. The van der Waals surface area contributed by atoms with E-state index in [0.717, 1.165) is 5.56 Å². The predicted octanol–water partition coefficient (Wildman–Crippen LogP) is 4.48. The fraction of sp³-hybridized carbons (Fsp3) is 0.241. The van der Waals surface area contributed by atoms with Crippen LogP contribution >= 0.6 is 0 Å². The van der Waals surface area contributed by atoms with Crippen molar-refractivity contribution < 1.29 is 23.9 Å². The topological polar surface area (TPSA) is 114 Å². The number of nitrogens with one attached hydrogen (secondary N) is 3.